The minimum absolute atomic E-state index is 0.165. The summed E-state index contributed by atoms with van der Waals surface area (Å²) in [6, 6.07) is 11.2. The molecule has 3 rings (SSSR count). The van der Waals surface area contributed by atoms with Gasteiger partial charge in [0.1, 0.15) is 11.9 Å². The number of thiophene rings is 1. The van der Waals surface area contributed by atoms with Gasteiger partial charge in [0.05, 0.1) is 21.5 Å². The Kier molecular flexibility index (Phi) is 6.72. The van der Waals surface area contributed by atoms with Crippen molar-refractivity contribution in [1.29, 1.82) is 5.41 Å². The minimum atomic E-state index is -0.261. The maximum Gasteiger partial charge on any atom is 0.261 e. The number of hydrogen-bond donors (Lipinski definition) is 3. The Morgan fingerprint density at radius 3 is 2.71 bits per heavy atom. The van der Waals surface area contributed by atoms with Gasteiger partial charge < -0.3 is 10.2 Å². The van der Waals surface area contributed by atoms with E-state index in [-0.39, 0.29) is 12.0 Å². The Hall–Kier alpha value is -2.35. The fraction of sp³-hybridized carbons (Fsp3) is 0.300. The van der Waals surface area contributed by atoms with Crippen LogP contribution < -0.4 is 10.8 Å². The highest BCUT2D eigenvalue weighted by Gasteiger charge is 2.19. The van der Waals surface area contributed by atoms with Gasteiger partial charge in [-0.15, -0.1) is 11.3 Å². The molecule has 0 saturated carbocycles. The number of amides is 1. The molecule has 0 spiro atoms. The molecular formula is C20H23ClN4O2S. The van der Waals surface area contributed by atoms with Crippen molar-refractivity contribution in [3.63, 3.8) is 0 Å². The van der Waals surface area contributed by atoms with E-state index >= 15 is 0 Å². The van der Waals surface area contributed by atoms with Gasteiger partial charge in [-0.1, -0.05) is 42.8 Å². The highest BCUT2D eigenvalue weighted by atomic mass is 35.5. The molecule has 1 unspecified atom stereocenters. The van der Waals surface area contributed by atoms with Crippen LogP contribution in [0.3, 0.4) is 0 Å². The largest absolute Gasteiger partial charge is 0.360 e. The van der Waals surface area contributed by atoms with Gasteiger partial charge in [0.15, 0.2) is 0 Å². The molecule has 1 atom stereocenters. The van der Waals surface area contributed by atoms with E-state index < -0.39 is 0 Å². The van der Waals surface area contributed by atoms with E-state index in [0.29, 0.717) is 21.6 Å². The highest BCUT2D eigenvalue weighted by Crippen LogP contribution is 2.22. The van der Waals surface area contributed by atoms with Gasteiger partial charge >= 0.3 is 0 Å². The lowest BCUT2D eigenvalue weighted by Gasteiger charge is -2.19. The lowest BCUT2D eigenvalue weighted by Crippen LogP contribution is -2.31. The first-order valence-electron chi connectivity index (χ1n) is 9.05. The Bertz CT molecular complexity index is 879. The molecule has 0 fully saturated rings. The summed E-state index contributed by atoms with van der Waals surface area (Å²) in [4.78, 5) is 20.1. The van der Waals surface area contributed by atoms with Gasteiger partial charge in [-0.25, -0.2) is 0 Å². The zero-order valence-corrected chi connectivity index (χ0v) is 17.4. The number of rotatable bonds is 7. The second kappa shape index (κ2) is 9.23. The number of carbonyl (C=O) groups excluding carboxylic acids is 1. The van der Waals surface area contributed by atoms with Crippen molar-refractivity contribution in [1.82, 2.24) is 15.7 Å². The fourth-order valence-corrected chi connectivity index (χ4v) is 3.80. The summed E-state index contributed by atoms with van der Waals surface area (Å²) in [6.45, 7) is 3.31. The van der Waals surface area contributed by atoms with Gasteiger partial charge in [0, 0.05) is 19.2 Å². The monoisotopic (exact) mass is 418 g/mol. The Labute approximate surface area is 173 Å². The first-order chi connectivity index (χ1) is 13.5. The molecule has 1 amide bonds. The Balaban J connectivity index is 1.57. The summed E-state index contributed by atoms with van der Waals surface area (Å²) >= 11 is 7.11. The molecule has 1 aromatic carbocycles. The molecule has 1 aromatic heterocycles. The van der Waals surface area contributed by atoms with Gasteiger partial charge in [0.25, 0.3) is 5.91 Å². The summed E-state index contributed by atoms with van der Waals surface area (Å²) in [5, 5.41) is 11.1. The summed E-state index contributed by atoms with van der Waals surface area (Å²) in [5.74, 6) is 0.341. The SMILES string of the molecule is CCCN(C)C(=N)c1ccc(C2=CC(CNC(=O)c3ccc(Cl)s3)ON2)cc1. The third kappa shape index (κ3) is 4.92. The summed E-state index contributed by atoms with van der Waals surface area (Å²) in [7, 11) is 1.93. The van der Waals surface area contributed by atoms with Crippen molar-refractivity contribution in [2.45, 2.75) is 19.4 Å². The van der Waals surface area contributed by atoms with E-state index in [1.807, 2.05) is 42.3 Å². The van der Waals surface area contributed by atoms with Crippen LogP contribution in [0.25, 0.3) is 5.70 Å². The fourth-order valence-electron chi connectivity index (χ4n) is 2.84. The minimum Gasteiger partial charge on any atom is -0.360 e. The smallest absolute Gasteiger partial charge is 0.261 e. The van der Waals surface area contributed by atoms with Crippen molar-refractivity contribution in [3.05, 3.63) is 62.8 Å². The molecule has 6 nitrogen and oxygen atoms in total. The Morgan fingerprint density at radius 2 is 2.07 bits per heavy atom. The van der Waals surface area contributed by atoms with E-state index in [9.17, 15) is 4.79 Å². The average Bonchev–Trinajstić information content (AvgIpc) is 3.35. The van der Waals surface area contributed by atoms with Crippen LogP contribution in [0, 0.1) is 5.41 Å². The van der Waals surface area contributed by atoms with E-state index in [0.717, 1.165) is 29.8 Å². The normalized spacial score (nSPS) is 15.7. The van der Waals surface area contributed by atoms with Crippen LogP contribution in [0.5, 0.6) is 0 Å². The maximum atomic E-state index is 12.1. The van der Waals surface area contributed by atoms with E-state index in [1.165, 1.54) is 11.3 Å². The van der Waals surface area contributed by atoms with Crippen LogP contribution in [0.15, 0.2) is 42.5 Å². The lowest BCUT2D eigenvalue weighted by atomic mass is 10.1. The van der Waals surface area contributed by atoms with Gasteiger partial charge in [-0.3, -0.25) is 20.5 Å². The molecular weight excluding hydrogens is 396 g/mol. The quantitative estimate of drug-likeness (QED) is 0.472. The topological polar surface area (TPSA) is 77.5 Å². The zero-order valence-electron chi connectivity index (χ0n) is 15.8. The number of benzene rings is 1. The van der Waals surface area contributed by atoms with Crippen LogP contribution in [0.2, 0.25) is 4.34 Å². The number of carbonyl (C=O) groups is 1. The third-order valence-corrected chi connectivity index (χ3v) is 5.57. The van der Waals surface area contributed by atoms with Crippen LogP contribution in [-0.4, -0.2) is 42.9 Å². The predicted octanol–water partition coefficient (Wildman–Crippen LogP) is 3.74. The predicted molar refractivity (Wildman–Crippen MR) is 114 cm³/mol. The number of halogens is 1. The first kappa shape index (κ1) is 20.4. The molecule has 8 heteroatoms. The molecule has 3 N–H and O–H groups in total. The second-order valence-electron chi connectivity index (χ2n) is 6.50. The molecule has 0 saturated heterocycles. The van der Waals surface area contributed by atoms with Crippen molar-refractivity contribution in [2.24, 2.45) is 0 Å². The van der Waals surface area contributed by atoms with Crippen LogP contribution in [-0.2, 0) is 4.84 Å². The molecule has 28 heavy (non-hydrogen) atoms. The molecule has 2 heterocycles. The van der Waals surface area contributed by atoms with E-state index in [1.54, 1.807) is 12.1 Å². The molecule has 0 aliphatic carbocycles. The standard InChI is InChI=1S/C20H23ClN4O2S/c1-3-10-25(2)19(22)14-6-4-13(5-7-14)16-11-15(27-24-16)12-23-20(26)17-8-9-18(21)28-17/h4-9,11,15,22,24H,3,10,12H2,1-2H3,(H,23,26). The van der Waals surface area contributed by atoms with Crippen LogP contribution in [0.1, 0.15) is 34.1 Å². The summed E-state index contributed by atoms with van der Waals surface area (Å²) in [5.41, 5.74) is 5.59. The first-order valence-corrected chi connectivity index (χ1v) is 10.2. The number of nitrogens with zero attached hydrogens (tertiary/aromatic N) is 1. The highest BCUT2D eigenvalue weighted by molar-refractivity contribution is 7.17. The number of hydroxylamine groups is 1. The number of hydrogen-bond acceptors (Lipinski definition) is 5. The van der Waals surface area contributed by atoms with Gasteiger partial charge in [-0.05, 0) is 30.2 Å². The number of amidine groups is 1. The molecule has 1 aliphatic heterocycles. The summed E-state index contributed by atoms with van der Waals surface area (Å²) in [6.07, 6.45) is 2.68. The van der Waals surface area contributed by atoms with Crippen LogP contribution in [0.4, 0.5) is 0 Å². The van der Waals surface area contributed by atoms with Gasteiger partial charge in [0.2, 0.25) is 0 Å². The van der Waals surface area contributed by atoms with Crippen molar-refractivity contribution < 1.29 is 9.63 Å². The van der Waals surface area contributed by atoms with E-state index in [4.69, 9.17) is 21.8 Å². The molecule has 2 aromatic rings. The van der Waals surface area contributed by atoms with Crippen molar-refractivity contribution in [3.8, 4) is 0 Å². The van der Waals surface area contributed by atoms with Gasteiger partial charge in [-0.2, -0.15) is 0 Å². The van der Waals surface area contributed by atoms with Crippen LogP contribution >= 0.6 is 22.9 Å². The maximum absolute atomic E-state index is 12.1. The second-order valence-corrected chi connectivity index (χ2v) is 8.22. The average molecular weight is 419 g/mol. The number of nitrogens with one attached hydrogen (secondary N) is 3. The molecule has 0 radical (unpaired) electrons. The molecule has 1 aliphatic rings. The summed E-state index contributed by atoms with van der Waals surface area (Å²) < 4.78 is 0.587. The van der Waals surface area contributed by atoms with Crippen molar-refractivity contribution in [2.75, 3.05) is 20.1 Å². The Morgan fingerprint density at radius 1 is 1.32 bits per heavy atom. The molecule has 148 valence electrons. The zero-order chi connectivity index (χ0) is 20.1. The molecule has 0 bridgehead atoms. The third-order valence-electron chi connectivity index (χ3n) is 4.34. The van der Waals surface area contributed by atoms with E-state index in [2.05, 4.69) is 17.7 Å². The van der Waals surface area contributed by atoms with Crippen molar-refractivity contribution >= 4 is 40.4 Å². The lowest BCUT2D eigenvalue weighted by molar-refractivity contribution is 0.0499.